The van der Waals surface area contributed by atoms with Crippen molar-refractivity contribution in [3.63, 3.8) is 0 Å². The van der Waals surface area contributed by atoms with Gasteiger partial charge < -0.3 is 15.5 Å². The summed E-state index contributed by atoms with van der Waals surface area (Å²) in [6.07, 6.45) is 3.40. The number of urea groups is 1. The highest BCUT2D eigenvalue weighted by atomic mass is 32.3. The maximum atomic E-state index is 13.3. The van der Waals surface area contributed by atoms with Crippen LogP contribution in [0.25, 0.3) is 0 Å². The van der Waals surface area contributed by atoms with Crippen molar-refractivity contribution in [2.45, 2.75) is 29.6 Å². The Bertz CT molecular complexity index is 1450. The van der Waals surface area contributed by atoms with Crippen molar-refractivity contribution in [3.05, 3.63) is 89.7 Å². The zero-order chi connectivity index (χ0) is 27.9. The normalized spacial score (nSPS) is 24.4. The van der Waals surface area contributed by atoms with Gasteiger partial charge in [0.25, 0.3) is 11.8 Å². The zero-order valence-corrected chi connectivity index (χ0v) is 22.4. The second-order valence-electron chi connectivity index (χ2n) is 10.4. The molecule has 0 saturated carbocycles. The van der Waals surface area contributed by atoms with E-state index in [2.05, 4.69) is 25.8 Å². The van der Waals surface area contributed by atoms with Gasteiger partial charge >= 0.3 is 6.03 Å². The van der Waals surface area contributed by atoms with Gasteiger partial charge in [0, 0.05) is 50.7 Å². The lowest BCUT2D eigenvalue weighted by molar-refractivity contribution is -0.124. The molecule has 12 heteroatoms. The van der Waals surface area contributed by atoms with Gasteiger partial charge in [0.2, 0.25) is 0 Å². The summed E-state index contributed by atoms with van der Waals surface area (Å²) in [5.74, 6) is -0.516. The van der Waals surface area contributed by atoms with E-state index in [-0.39, 0.29) is 18.2 Å². The number of fused-ring (bicyclic) bond motifs is 1. The molecule has 1 spiro atoms. The Morgan fingerprint density at radius 2 is 1.75 bits per heavy atom. The summed E-state index contributed by atoms with van der Waals surface area (Å²) in [5, 5.41) is 8.07. The van der Waals surface area contributed by atoms with Gasteiger partial charge in [-0.05, 0) is 47.5 Å². The third kappa shape index (κ3) is 4.90. The highest BCUT2D eigenvalue weighted by Gasteiger charge is 2.57. The maximum absolute atomic E-state index is 13.3. The summed E-state index contributed by atoms with van der Waals surface area (Å²) >= 11 is 0. The van der Waals surface area contributed by atoms with E-state index in [1.165, 1.54) is 0 Å². The Morgan fingerprint density at radius 3 is 2.48 bits per heavy atom. The summed E-state index contributed by atoms with van der Waals surface area (Å²) in [5.41, 5.74) is 1.96. The van der Waals surface area contributed by atoms with Crippen LogP contribution in [0.15, 0.2) is 78.0 Å². The molecule has 3 aliphatic heterocycles. The minimum atomic E-state index is -2.79. The standard InChI is InChI=1S/C28H30N6O5S/c35-25(21-7-5-19(6-8-21)16-34-13-14-40(38,39)23-4-2-1-3-22(23)34)30-24-17-33(15-20-9-11-29-12-10-20)18-28(24)26(36)31-27(37)32-28/h1-12,24,38-39H,13-18H2,(H,30,35)(H2,31,32,36,37). The van der Waals surface area contributed by atoms with E-state index in [1.54, 1.807) is 36.7 Å². The molecule has 0 radical (unpaired) electrons. The number of amides is 4. The fourth-order valence-electron chi connectivity index (χ4n) is 5.69. The molecule has 3 aliphatic rings. The highest BCUT2D eigenvalue weighted by molar-refractivity contribution is 8.24. The van der Waals surface area contributed by atoms with Gasteiger partial charge in [0.05, 0.1) is 22.4 Å². The SMILES string of the molecule is O=C1NC(=O)C2(CN(Cc3ccncc3)CC2NC(=O)c2ccc(CN3CCS(O)(O)c4ccccc43)cc2)N1. The Morgan fingerprint density at radius 1 is 1.02 bits per heavy atom. The maximum Gasteiger partial charge on any atom is 0.322 e. The van der Waals surface area contributed by atoms with Gasteiger partial charge in [0.15, 0.2) is 5.54 Å². The number of pyridine rings is 1. The molecule has 11 nitrogen and oxygen atoms in total. The zero-order valence-electron chi connectivity index (χ0n) is 21.6. The van der Waals surface area contributed by atoms with Crippen LogP contribution >= 0.6 is 10.6 Å². The lowest BCUT2D eigenvalue weighted by Gasteiger charge is -2.43. The molecule has 4 heterocycles. The molecule has 2 fully saturated rings. The molecule has 40 heavy (non-hydrogen) atoms. The quantitative estimate of drug-likeness (QED) is 0.288. The topological polar surface area (TPSA) is 147 Å². The van der Waals surface area contributed by atoms with Crippen LogP contribution in [0.2, 0.25) is 0 Å². The number of imide groups is 1. The number of aromatic nitrogens is 1. The number of benzene rings is 2. The second kappa shape index (κ2) is 10.2. The highest BCUT2D eigenvalue weighted by Crippen LogP contribution is 2.55. The van der Waals surface area contributed by atoms with E-state index >= 15 is 0 Å². The third-order valence-electron chi connectivity index (χ3n) is 7.73. The van der Waals surface area contributed by atoms with E-state index < -0.39 is 34.1 Å². The number of anilines is 1. The lowest BCUT2D eigenvalue weighted by atomic mass is 9.93. The van der Waals surface area contributed by atoms with Crippen LogP contribution in [-0.2, 0) is 17.9 Å². The van der Waals surface area contributed by atoms with Gasteiger partial charge in [-0.1, -0.05) is 24.3 Å². The van der Waals surface area contributed by atoms with Crippen LogP contribution in [0.3, 0.4) is 0 Å². The number of nitrogens with one attached hydrogen (secondary N) is 3. The molecule has 6 rings (SSSR count). The Kier molecular flexibility index (Phi) is 6.70. The third-order valence-corrected chi connectivity index (χ3v) is 9.53. The molecule has 0 bridgehead atoms. The fraction of sp³-hybridized carbons (Fsp3) is 0.286. The van der Waals surface area contributed by atoms with Crippen molar-refractivity contribution in [1.82, 2.24) is 25.8 Å². The Balaban J connectivity index is 1.15. The second-order valence-corrected chi connectivity index (χ2v) is 12.6. The molecule has 2 saturated heterocycles. The van der Waals surface area contributed by atoms with Crippen molar-refractivity contribution < 1.29 is 23.5 Å². The smallest absolute Gasteiger partial charge is 0.322 e. The van der Waals surface area contributed by atoms with E-state index in [1.807, 2.05) is 41.3 Å². The number of para-hydroxylation sites is 1. The molecule has 5 N–H and O–H groups in total. The number of hydrogen-bond acceptors (Lipinski definition) is 8. The number of rotatable bonds is 6. The Hall–Kier alpha value is -3.97. The largest absolute Gasteiger partial charge is 0.364 e. The van der Waals surface area contributed by atoms with Gasteiger partial charge in [-0.15, -0.1) is 0 Å². The van der Waals surface area contributed by atoms with E-state index in [4.69, 9.17) is 0 Å². The van der Waals surface area contributed by atoms with Gasteiger partial charge in [-0.25, -0.2) is 4.79 Å². The minimum Gasteiger partial charge on any atom is -0.364 e. The van der Waals surface area contributed by atoms with Gasteiger partial charge in [-0.3, -0.25) is 33.9 Å². The molecule has 208 valence electrons. The number of hydrogen-bond donors (Lipinski definition) is 5. The average molecular weight is 563 g/mol. The predicted octanol–water partition coefficient (Wildman–Crippen LogP) is 2.40. The fourth-order valence-corrected chi connectivity index (χ4v) is 7.21. The number of carbonyl (C=O) groups excluding carboxylic acids is 3. The van der Waals surface area contributed by atoms with Crippen LogP contribution in [0, 0.1) is 0 Å². The van der Waals surface area contributed by atoms with Crippen molar-refractivity contribution >= 4 is 34.1 Å². The summed E-state index contributed by atoms with van der Waals surface area (Å²) in [6.45, 7) is 2.25. The first-order valence-electron chi connectivity index (χ1n) is 13.0. The molecular formula is C28H30N6O5S. The lowest BCUT2D eigenvalue weighted by Crippen LogP contribution is -2.62. The number of nitrogens with zero attached hydrogens (tertiary/aromatic N) is 3. The van der Waals surface area contributed by atoms with Gasteiger partial charge in [-0.2, -0.15) is 10.6 Å². The first-order chi connectivity index (χ1) is 19.2. The molecule has 2 unspecified atom stereocenters. The van der Waals surface area contributed by atoms with Crippen molar-refractivity contribution in [3.8, 4) is 0 Å². The summed E-state index contributed by atoms with van der Waals surface area (Å²) in [4.78, 5) is 47.0. The van der Waals surface area contributed by atoms with Crippen molar-refractivity contribution in [2.24, 2.45) is 0 Å². The summed E-state index contributed by atoms with van der Waals surface area (Å²) in [7, 11) is -2.79. The molecule has 2 atom stereocenters. The van der Waals surface area contributed by atoms with E-state index in [0.717, 1.165) is 16.8 Å². The van der Waals surface area contributed by atoms with Crippen LogP contribution < -0.4 is 20.9 Å². The van der Waals surface area contributed by atoms with Crippen LogP contribution in [0.4, 0.5) is 10.5 Å². The van der Waals surface area contributed by atoms with Crippen LogP contribution in [0.1, 0.15) is 21.5 Å². The van der Waals surface area contributed by atoms with Gasteiger partial charge in [0.1, 0.15) is 0 Å². The van der Waals surface area contributed by atoms with E-state index in [9.17, 15) is 23.5 Å². The van der Waals surface area contributed by atoms with Crippen LogP contribution in [-0.4, -0.2) is 73.8 Å². The molecule has 3 aromatic rings. The van der Waals surface area contributed by atoms with E-state index in [0.29, 0.717) is 36.6 Å². The molecule has 4 amide bonds. The summed E-state index contributed by atoms with van der Waals surface area (Å²) in [6, 6.07) is 17.1. The first-order valence-corrected chi connectivity index (χ1v) is 14.7. The summed E-state index contributed by atoms with van der Waals surface area (Å²) < 4.78 is 20.9. The van der Waals surface area contributed by atoms with Crippen molar-refractivity contribution in [1.29, 1.82) is 0 Å². The molecule has 2 aromatic carbocycles. The van der Waals surface area contributed by atoms with Crippen LogP contribution in [0.5, 0.6) is 0 Å². The molecular weight excluding hydrogens is 532 g/mol. The number of carbonyl (C=O) groups is 3. The predicted molar refractivity (Wildman–Crippen MR) is 150 cm³/mol. The minimum absolute atomic E-state index is 0.263. The van der Waals surface area contributed by atoms with Crippen molar-refractivity contribution in [2.75, 3.05) is 30.3 Å². The molecule has 0 aliphatic carbocycles. The monoisotopic (exact) mass is 562 g/mol. The average Bonchev–Trinajstić information content (AvgIpc) is 3.43. The number of likely N-dealkylation sites (tertiary alicyclic amines) is 1. The first kappa shape index (κ1) is 26.3. The Labute approximate surface area is 232 Å². The molecule has 1 aromatic heterocycles.